The quantitative estimate of drug-likeness (QED) is 0.231. The van der Waals surface area contributed by atoms with Crippen LogP contribution in [-0.2, 0) is 38.8 Å². The minimum absolute atomic E-state index is 0.0599. The zero-order chi connectivity index (χ0) is 32.8. The zero-order valence-electron chi connectivity index (χ0n) is 24.6. The molecule has 0 spiro atoms. The summed E-state index contributed by atoms with van der Waals surface area (Å²) >= 11 is 9.61. The Labute approximate surface area is 274 Å². The summed E-state index contributed by atoms with van der Waals surface area (Å²) in [4.78, 5) is 29.5. The minimum Gasteiger partial charge on any atom is -0.352 e. The third-order valence-corrected chi connectivity index (χ3v) is 9.68. The van der Waals surface area contributed by atoms with Gasteiger partial charge >= 0.3 is 6.18 Å². The predicted molar refractivity (Wildman–Crippen MR) is 172 cm³/mol. The Morgan fingerprint density at radius 1 is 0.978 bits per heavy atom. The summed E-state index contributed by atoms with van der Waals surface area (Å²) in [6.45, 7) is -0.936. The molecular formula is C32H34BrClF3N3O4S. The molecule has 1 aliphatic carbocycles. The highest BCUT2D eigenvalue weighted by atomic mass is 79.9. The molecule has 0 heterocycles. The van der Waals surface area contributed by atoms with E-state index in [0.717, 1.165) is 60.5 Å². The molecule has 0 radical (unpaired) electrons. The SMILES string of the molecule is CS(=O)(=O)N(CC(=O)N(Cc1ccc(Br)cc1)C(Cc1ccccc1)C(=O)NC1CCCCC1)c1cc(C(F)(F)F)ccc1Cl. The molecule has 1 unspecified atom stereocenters. The summed E-state index contributed by atoms with van der Waals surface area (Å²) in [5.74, 6) is -1.17. The number of nitrogens with one attached hydrogen (secondary N) is 1. The van der Waals surface area contributed by atoms with Gasteiger partial charge in [0.1, 0.15) is 12.6 Å². The summed E-state index contributed by atoms with van der Waals surface area (Å²) in [5, 5.41) is 2.82. The molecule has 242 valence electrons. The number of hydrogen-bond donors (Lipinski definition) is 1. The van der Waals surface area contributed by atoms with Crippen molar-refractivity contribution in [3.63, 3.8) is 0 Å². The third-order valence-electron chi connectivity index (χ3n) is 7.71. The summed E-state index contributed by atoms with van der Waals surface area (Å²) in [6.07, 6.45) is 0.762. The molecule has 0 aromatic heterocycles. The van der Waals surface area contributed by atoms with Crippen molar-refractivity contribution in [2.24, 2.45) is 0 Å². The number of anilines is 1. The van der Waals surface area contributed by atoms with Crippen molar-refractivity contribution >= 4 is 55.1 Å². The van der Waals surface area contributed by atoms with Gasteiger partial charge in [-0.2, -0.15) is 13.2 Å². The first kappa shape index (κ1) is 34.8. The second kappa shape index (κ2) is 15.0. The van der Waals surface area contributed by atoms with Gasteiger partial charge in [-0.25, -0.2) is 8.42 Å². The maximum absolute atomic E-state index is 14.2. The molecule has 45 heavy (non-hydrogen) atoms. The van der Waals surface area contributed by atoms with Gasteiger partial charge in [-0.3, -0.25) is 13.9 Å². The highest BCUT2D eigenvalue weighted by Crippen LogP contribution is 2.36. The molecule has 0 bridgehead atoms. The summed E-state index contributed by atoms with van der Waals surface area (Å²) in [6, 6.07) is 17.4. The number of benzene rings is 3. The van der Waals surface area contributed by atoms with Crippen LogP contribution in [0.25, 0.3) is 0 Å². The molecule has 1 atom stereocenters. The fraction of sp³-hybridized carbons (Fsp3) is 0.375. The average molecular weight is 729 g/mol. The standard InChI is InChI=1S/C32H34BrClF3N3O4S/c1-45(43,44)40(28-19-24(32(35,36)37)14-17-27(28)34)21-30(41)39(20-23-12-15-25(33)16-13-23)29(18-22-8-4-2-5-9-22)31(42)38-26-10-6-3-7-11-26/h2,4-5,8-9,12-17,19,26,29H,3,6-7,10-11,18,20-21H2,1H3,(H,38,42). The lowest BCUT2D eigenvalue weighted by atomic mass is 9.94. The lowest BCUT2D eigenvalue weighted by Gasteiger charge is -2.35. The summed E-state index contributed by atoms with van der Waals surface area (Å²) in [5.41, 5.74) is -0.172. The maximum Gasteiger partial charge on any atom is 0.416 e. The van der Waals surface area contributed by atoms with Gasteiger partial charge in [0.05, 0.1) is 22.5 Å². The van der Waals surface area contributed by atoms with Crippen molar-refractivity contribution in [1.29, 1.82) is 0 Å². The smallest absolute Gasteiger partial charge is 0.352 e. The van der Waals surface area contributed by atoms with Crippen LogP contribution in [0.15, 0.2) is 77.3 Å². The van der Waals surface area contributed by atoms with Crippen LogP contribution in [0, 0.1) is 0 Å². The van der Waals surface area contributed by atoms with Crippen LogP contribution >= 0.6 is 27.5 Å². The number of carbonyl (C=O) groups is 2. The van der Waals surface area contributed by atoms with E-state index in [1.54, 1.807) is 24.3 Å². The van der Waals surface area contributed by atoms with Crippen molar-refractivity contribution in [2.75, 3.05) is 17.1 Å². The normalized spacial score (nSPS) is 14.9. The van der Waals surface area contributed by atoms with Gasteiger partial charge in [-0.15, -0.1) is 0 Å². The number of hydrogen-bond acceptors (Lipinski definition) is 4. The van der Waals surface area contributed by atoms with E-state index in [-0.39, 0.29) is 29.9 Å². The summed E-state index contributed by atoms with van der Waals surface area (Å²) < 4.78 is 68.1. The number of sulfonamides is 1. The largest absolute Gasteiger partial charge is 0.416 e. The fourth-order valence-corrected chi connectivity index (χ4v) is 6.75. The Kier molecular flexibility index (Phi) is 11.6. The van der Waals surface area contributed by atoms with Crippen LogP contribution in [0.3, 0.4) is 0 Å². The third kappa shape index (κ3) is 9.70. The maximum atomic E-state index is 14.2. The Balaban J connectivity index is 1.76. The fourth-order valence-electron chi connectivity index (χ4n) is 5.36. The molecule has 3 aromatic rings. The van der Waals surface area contributed by atoms with Crippen molar-refractivity contribution < 1.29 is 31.2 Å². The first-order chi connectivity index (χ1) is 21.2. The predicted octanol–water partition coefficient (Wildman–Crippen LogP) is 6.98. The lowest BCUT2D eigenvalue weighted by molar-refractivity contribution is -0.140. The Hall–Kier alpha value is -3.09. The molecule has 0 aliphatic heterocycles. The number of halogens is 5. The topological polar surface area (TPSA) is 86.8 Å². The second-order valence-electron chi connectivity index (χ2n) is 11.1. The molecule has 7 nitrogen and oxygen atoms in total. The van der Waals surface area contributed by atoms with E-state index in [0.29, 0.717) is 15.9 Å². The van der Waals surface area contributed by atoms with Crippen LogP contribution in [0.2, 0.25) is 5.02 Å². The molecule has 2 amide bonds. The molecule has 1 fully saturated rings. The lowest BCUT2D eigenvalue weighted by Crippen LogP contribution is -2.55. The van der Waals surface area contributed by atoms with Gasteiger partial charge in [-0.05, 0) is 54.3 Å². The van der Waals surface area contributed by atoms with Gasteiger partial charge < -0.3 is 10.2 Å². The van der Waals surface area contributed by atoms with E-state index in [1.807, 2.05) is 30.3 Å². The van der Waals surface area contributed by atoms with Crippen LogP contribution in [0.5, 0.6) is 0 Å². The van der Waals surface area contributed by atoms with Crippen molar-refractivity contribution in [3.05, 3.63) is 99.0 Å². The number of carbonyl (C=O) groups excluding carboxylic acids is 2. The van der Waals surface area contributed by atoms with Crippen molar-refractivity contribution in [3.8, 4) is 0 Å². The van der Waals surface area contributed by atoms with Gasteiger partial charge in [0.15, 0.2) is 0 Å². The molecular weight excluding hydrogens is 695 g/mol. The summed E-state index contributed by atoms with van der Waals surface area (Å²) in [7, 11) is -4.31. The molecule has 4 rings (SSSR count). The number of rotatable bonds is 11. The van der Waals surface area contributed by atoms with E-state index in [4.69, 9.17) is 11.6 Å². The molecule has 1 N–H and O–H groups in total. The Bertz CT molecular complexity index is 1590. The van der Waals surface area contributed by atoms with Crippen LogP contribution < -0.4 is 9.62 Å². The van der Waals surface area contributed by atoms with Gasteiger partial charge in [0.25, 0.3) is 0 Å². The minimum atomic E-state index is -4.78. The van der Waals surface area contributed by atoms with Crippen LogP contribution in [0.4, 0.5) is 18.9 Å². The molecule has 1 aliphatic rings. The zero-order valence-corrected chi connectivity index (χ0v) is 27.7. The van der Waals surface area contributed by atoms with Crippen molar-refractivity contribution in [2.45, 2.75) is 63.3 Å². The molecule has 13 heteroatoms. The van der Waals surface area contributed by atoms with Gasteiger partial charge in [0, 0.05) is 23.5 Å². The van der Waals surface area contributed by atoms with E-state index >= 15 is 0 Å². The monoisotopic (exact) mass is 727 g/mol. The van der Waals surface area contributed by atoms with Gasteiger partial charge in [-0.1, -0.05) is 89.3 Å². The molecule has 3 aromatic carbocycles. The van der Waals surface area contributed by atoms with Crippen LogP contribution in [0.1, 0.15) is 48.8 Å². The first-order valence-electron chi connectivity index (χ1n) is 14.4. The number of amides is 2. The Morgan fingerprint density at radius 2 is 1.62 bits per heavy atom. The van der Waals surface area contributed by atoms with E-state index in [2.05, 4.69) is 21.2 Å². The Morgan fingerprint density at radius 3 is 2.22 bits per heavy atom. The average Bonchev–Trinajstić information content (AvgIpc) is 2.99. The number of alkyl halides is 3. The van der Waals surface area contributed by atoms with E-state index < -0.39 is 45.9 Å². The molecule has 1 saturated carbocycles. The van der Waals surface area contributed by atoms with Gasteiger partial charge in [0.2, 0.25) is 21.8 Å². The van der Waals surface area contributed by atoms with E-state index in [9.17, 15) is 31.2 Å². The first-order valence-corrected chi connectivity index (χ1v) is 17.5. The van der Waals surface area contributed by atoms with Crippen LogP contribution in [-0.4, -0.2) is 50.0 Å². The van der Waals surface area contributed by atoms with Crippen molar-refractivity contribution in [1.82, 2.24) is 10.2 Å². The van der Waals surface area contributed by atoms with E-state index in [1.165, 1.54) is 4.90 Å². The second-order valence-corrected chi connectivity index (χ2v) is 14.4. The highest BCUT2D eigenvalue weighted by Gasteiger charge is 2.36. The molecule has 0 saturated heterocycles. The highest BCUT2D eigenvalue weighted by molar-refractivity contribution is 9.10. The number of nitrogens with zero attached hydrogens (tertiary/aromatic N) is 2.